The van der Waals surface area contributed by atoms with E-state index in [1.165, 1.54) is 39.0 Å². The van der Waals surface area contributed by atoms with Crippen LogP contribution < -0.4 is 0 Å². The topological polar surface area (TPSA) is 6.48 Å². The first kappa shape index (κ1) is 11.4. The van der Waals surface area contributed by atoms with Crippen molar-refractivity contribution in [3.8, 4) is 0 Å². The summed E-state index contributed by atoms with van der Waals surface area (Å²) in [5, 5.41) is 0. The van der Waals surface area contributed by atoms with Gasteiger partial charge in [-0.25, -0.2) is 0 Å². The summed E-state index contributed by atoms with van der Waals surface area (Å²) in [5.74, 6) is 0.925. The summed E-state index contributed by atoms with van der Waals surface area (Å²) in [6.45, 7) is 14.6. The lowest BCUT2D eigenvalue weighted by Crippen LogP contribution is -2.42. The molecule has 0 amide bonds. The highest BCUT2D eigenvalue weighted by Gasteiger charge is 2.35. The summed E-state index contributed by atoms with van der Waals surface area (Å²) < 4.78 is 0. The summed E-state index contributed by atoms with van der Waals surface area (Å²) in [7, 11) is 0. The maximum Gasteiger partial charge on any atom is 0.0235 e. The van der Waals surface area contributed by atoms with Crippen molar-refractivity contribution in [1.82, 2.24) is 9.80 Å². The molecule has 88 valence electrons. The molecule has 2 aliphatic rings. The highest BCUT2D eigenvalue weighted by molar-refractivity contribution is 4.91. The molecule has 2 rings (SSSR count). The Labute approximate surface area is 94.6 Å². The maximum absolute atomic E-state index is 2.72. The van der Waals surface area contributed by atoms with Crippen molar-refractivity contribution in [3.63, 3.8) is 0 Å². The molecule has 0 aromatic rings. The van der Waals surface area contributed by atoms with Crippen LogP contribution in [0.1, 0.15) is 40.5 Å². The van der Waals surface area contributed by atoms with Crippen molar-refractivity contribution in [3.05, 3.63) is 0 Å². The highest BCUT2D eigenvalue weighted by atomic mass is 15.3. The Morgan fingerprint density at radius 3 is 2.20 bits per heavy atom. The average molecular weight is 210 g/mol. The van der Waals surface area contributed by atoms with Gasteiger partial charge >= 0.3 is 0 Å². The zero-order chi connectivity index (χ0) is 11.1. The zero-order valence-electron chi connectivity index (χ0n) is 10.8. The summed E-state index contributed by atoms with van der Waals surface area (Å²) in [4.78, 5) is 5.36. The Morgan fingerprint density at radius 2 is 1.73 bits per heavy atom. The Bertz CT molecular complexity index is 219. The molecule has 0 aromatic carbocycles. The molecule has 2 nitrogen and oxygen atoms in total. The molecular weight excluding hydrogens is 184 g/mol. The second kappa shape index (κ2) is 4.06. The van der Waals surface area contributed by atoms with Crippen molar-refractivity contribution < 1.29 is 0 Å². The fourth-order valence-electron chi connectivity index (χ4n) is 2.95. The van der Waals surface area contributed by atoms with E-state index in [1.54, 1.807) is 0 Å². The predicted octanol–water partition coefficient (Wildman–Crippen LogP) is 2.20. The fraction of sp³-hybridized carbons (Fsp3) is 1.00. The number of likely N-dealkylation sites (tertiary alicyclic amines) is 2. The molecule has 0 saturated carbocycles. The second-order valence-electron chi connectivity index (χ2n) is 6.45. The highest BCUT2D eigenvalue weighted by Crippen LogP contribution is 2.27. The van der Waals surface area contributed by atoms with Crippen LogP contribution in [-0.2, 0) is 0 Å². The van der Waals surface area contributed by atoms with E-state index < -0.39 is 0 Å². The molecule has 0 aromatic heterocycles. The largest absolute Gasteiger partial charge is 0.299 e. The van der Waals surface area contributed by atoms with Crippen molar-refractivity contribution >= 4 is 0 Å². The summed E-state index contributed by atoms with van der Waals surface area (Å²) in [6, 6.07) is 0.842. The van der Waals surface area contributed by atoms with Crippen LogP contribution in [0.25, 0.3) is 0 Å². The van der Waals surface area contributed by atoms with E-state index in [9.17, 15) is 0 Å². The second-order valence-corrected chi connectivity index (χ2v) is 6.45. The van der Waals surface area contributed by atoms with E-state index >= 15 is 0 Å². The molecule has 0 spiro atoms. The van der Waals surface area contributed by atoms with Crippen molar-refractivity contribution in [1.29, 1.82) is 0 Å². The minimum Gasteiger partial charge on any atom is -0.299 e. The Hall–Kier alpha value is -0.0800. The lowest BCUT2D eigenvalue weighted by Gasteiger charge is -2.32. The minimum absolute atomic E-state index is 0.361. The van der Waals surface area contributed by atoms with Crippen LogP contribution in [0.15, 0.2) is 0 Å². The third-order valence-electron chi connectivity index (χ3n) is 4.08. The molecule has 0 unspecified atom stereocenters. The number of hydrogen-bond donors (Lipinski definition) is 0. The first-order chi connectivity index (χ1) is 6.97. The molecule has 0 bridgehead atoms. The van der Waals surface area contributed by atoms with Crippen LogP contribution in [0, 0.1) is 5.92 Å². The van der Waals surface area contributed by atoms with Crippen molar-refractivity contribution in [2.24, 2.45) is 5.92 Å². The van der Waals surface area contributed by atoms with Crippen LogP contribution in [0.3, 0.4) is 0 Å². The number of nitrogens with zero attached hydrogens (tertiary/aromatic N) is 2. The Morgan fingerprint density at radius 1 is 1.00 bits per heavy atom. The van der Waals surface area contributed by atoms with Gasteiger partial charge in [0.2, 0.25) is 0 Å². The van der Waals surface area contributed by atoms with Gasteiger partial charge in [0.25, 0.3) is 0 Å². The quantitative estimate of drug-likeness (QED) is 0.654. The normalized spacial score (nSPS) is 35.2. The summed E-state index contributed by atoms with van der Waals surface area (Å²) in [5.41, 5.74) is 0.361. The lowest BCUT2D eigenvalue weighted by atomic mass is 10.1. The van der Waals surface area contributed by atoms with Gasteiger partial charge in [0.15, 0.2) is 0 Å². The van der Waals surface area contributed by atoms with E-state index in [0.717, 1.165) is 12.0 Å². The van der Waals surface area contributed by atoms with E-state index in [2.05, 4.69) is 37.5 Å². The standard InChI is InChI=1S/C13H26N2/c1-11-5-7-14(9-11)12-6-8-15(10-12)13(2,3)4/h11-12H,5-10H2,1-4H3/t11-,12+/m0/s1. The molecule has 15 heavy (non-hydrogen) atoms. The fourth-order valence-corrected chi connectivity index (χ4v) is 2.95. The van der Waals surface area contributed by atoms with Gasteiger partial charge in [0.05, 0.1) is 0 Å². The molecule has 2 saturated heterocycles. The van der Waals surface area contributed by atoms with Crippen LogP contribution in [0.4, 0.5) is 0 Å². The third kappa shape index (κ3) is 2.54. The van der Waals surface area contributed by atoms with Crippen LogP contribution in [-0.4, -0.2) is 47.6 Å². The molecule has 0 radical (unpaired) electrons. The molecule has 0 aliphatic carbocycles. The molecule has 2 heterocycles. The maximum atomic E-state index is 2.72. The van der Waals surface area contributed by atoms with Crippen LogP contribution in [0.2, 0.25) is 0 Å². The number of rotatable bonds is 1. The minimum atomic E-state index is 0.361. The SMILES string of the molecule is C[C@H]1CCN([C@@H]2CCN(C(C)(C)C)C2)C1. The van der Waals surface area contributed by atoms with Gasteiger partial charge in [-0.3, -0.25) is 9.80 Å². The molecule has 2 fully saturated rings. The Kier molecular flexibility index (Phi) is 3.09. The average Bonchev–Trinajstić information content (AvgIpc) is 2.69. The van der Waals surface area contributed by atoms with E-state index in [-0.39, 0.29) is 0 Å². The van der Waals surface area contributed by atoms with Gasteiger partial charge in [-0.1, -0.05) is 6.92 Å². The smallest absolute Gasteiger partial charge is 0.0235 e. The molecule has 2 atom stereocenters. The van der Waals surface area contributed by atoms with Gasteiger partial charge < -0.3 is 0 Å². The molecule has 0 N–H and O–H groups in total. The molecular formula is C13H26N2. The van der Waals surface area contributed by atoms with Gasteiger partial charge in [0.1, 0.15) is 0 Å². The summed E-state index contributed by atoms with van der Waals surface area (Å²) >= 11 is 0. The van der Waals surface area contributed by atoms with Crippen molar-refractivity contribution in [2.45, 2.75) is 52.1 Å². The van der Waals surface area contributed by atoms with E-state index in [0.29, 0.717) is 5.54 Å². The van der Waals surface area contributed by atoms with Crippen LogP contribution in [0.5, 0.6) is 0 Å². The van der Waals surface area contributed by atoms with Crippen molar-refractivity contribution in [2.75, 3.05) is 26.2 Å². The zero-order valence-corrected chi connectivity index (χ0v) is 10.8. The monoisotopic (exact) mass is 210 g/mol. The van der Waals surface area contributed by atoms with Gasteiger partial charge in [0, 0.05) is 31.2 Å². The van der Waals surface area contributed by atoms with Gasteiger partial charge in [-0.15, -0.1) is 0 Å². The summed E-state index contributed by atoms with van der Waals surface area (Å²) in [6.07, 6.45) is 2.79. The number of hydrogen-bond acceptors (Lipinski definition) is 2. The first-order valence-electron chi connectivity index (χ1n) is 6.46. The first-order valence-corrected chi connectivity index (χ1v) is 6.46. The van der Waals surface area contributed by atoms with Gasteiger partial charge in [-0.05, 0) is 46.1 Å². The lowest BCUT2D eigenvalue weighted by molar-refractivity contribution is 0.152. The molecule has 2 heteroatoms. The third-order valence-corrected chi connectivity index (χ3v) is 4.08. The van der Waals surface area contributed by atoms with Gasteiger partial charge in [-0.2, -0.15) is 0 Å². The van der Waals surface area contributed by atoms with Crippen LogP contribution >= 0.6 is 0 Å². The van der Waals surface area contributed by atoms with E-state index in [1.807, 2.05) is 0 Å². The predicted molar refractivity (Wildman–Crippen MR) is 65.1 cm³/mol. The van der Waals surface area contributed by atoms with E-state index in [4.69, 9.17) is 0 Å². The Balaban J connectivity index is 1.87. The molecule has 2 aliphatic heterocycles.